The minimum Gasteiger partial charge on any atom is -0.456 e. The Morgan fingerprint density at radius 1 is 0.250 bits per heavy atom. The van der Waals surface area contributed by atoms with E-state index in [0.29, 0.717) is 0 Å². The molecule has 1 aromatic heterocycles. The second-order valence-corrected chi connectivity index (χ2v) is 15.7. The summed E-state index contributed by atoms with van der Waals surface area (Å²) in [7, 11) is 0. The van der Waals surface area contributed by atoms with E-state index in [-0.39, 0.29) is 0 Å². The van der Waals surface area contributed by atoms with Crippen molar-refractivity contribution in [2.75, 3.05) is 4.90 Å². The van der Waals surface area contributed by atoms with E-state index in [1.807, 2.05) is 12.1 Å². The Morgan fingerprint density at radius 3 is 1.42 bits per heavy atom. The highest BCUT2D eigenvalue weighted by Gasteiger charge is 2.17. The van der Waals surface area contributed by atoms with Gasteiger partial charge >= 0.3 is 0 Å². The van der Waals surface area contributed by atoms with Crippen LogP contribution in [-0.4, -0.2) is 0 Å². The van der Waals surface area contributed by atoms with Gasteiger partial charge in [0.05, 0.1) is 0 Å². The lowest BCUT2D eigenvalue weighted by molar-refractivity contribution is 0.669. The molecule has 0 fully saturated rings. The molecule has 0 atom stereocenters. The minimum atomic E-state index is 0.905. The molecule has 0 aliphatic rings. The van der Waals surface area contributed by atoms with Gasteiger partial charge in [-0.15, -0.1) is 0 Å². The predicted molar refractivity (Wildman–Crippen MR) is 255 cm³/mol. The van der Waals surface area contributed by atoms with Gasteiger partial charge in [0, 0.05) is 27.8 Å². The van der Waals surface area contributed by atoms with Gasteiger partial charge in [0.2, 0.25) is 0 Å². The number of benzene rings is 11. The molecule has 2 heteroatoms. The molecule has 2 nitrogen and oxygen atoms in total. The van der Waals surface area contributed by atoms with Gasteiger partial charge in [0.1, 0.15) is 11.2 Å². The van der Waals surface area contributed by atoms with Crippen molar-refractivity contribution >= 4 is 82.1 Å². The van der Waals surface area contributed by atoms with Crippen LogP contribution in [0, 0.1) is 0 Å². The molecular formula is C58H37NO. The zero-order valence-corrected chi connectivity index (χ0v) is 32.7. The third kappa shape index (κ3) is 5.65. The number of para-hydroxylation sites is 1. The number of hydrogen-bond donors (Lipinski definition) is 0. The lowest BCUT2D eigenvalue weighted by Crippen LogP contribution is -2.10. The van der Waals surface area contributed by atoms with Crippen LogP contribution in [0.4, 0.5) is 17.1 Å². The van der Waals surface area contributed by atoms with E-state index in [2.05, 4.69) is 217 Å². The molecule has 0 aliphatic heterocycles. The molecule has 280 valence electrons. The topological polar surface area (TPSA) is 16.4 Å². The third-order valence-electron chi connectivity index (χ3n) is 12.2. The third-order valence-corrected chi connectivity index (χ3v) is 12.2. The van der Waals surface area contributed by atoms with Crippen molar-refractivity contribution in [3.63, 3.8) is 0 Å². The Hall–Kier alpha value is -7.94. The highest BCUT2D eigenvalue weighted by molar-refractivity contribution is 6.25. The highest BCUT2D eigenvalue weighted by Crippen LogP contribution is 2.42. The molecular weight excluding hydrogens is 727 g/mol. The molecule has 0 spiro atoms. The monoisotopic (exact) mass is 763 g/mol. The summed E-state index contributed by atoms with van der Waals surface area (Å²) in [5.74, 6) is 0. The van der Waals surface area contributed by atoms with Crippen LogP contribution in [0.3, 0.4) is 0 Å². The molecule has 0 saturated carbocycles. The number of hydrogen-bond acceptors (Lipinski definition) is 2. The second kappa shape index (κ2) is 13.9. The van der Waals surface area contributed by atoms with E-state index in [1.54, 1.807) is 0 Å². The van der Waals surface area contributed by atoms with Crippen LogP contribution in [0.5, 0.6) is 0 Å². The fraction of sp³-hybridized carbons (Fsp3) is 0. The molecule has 12 aromatic rings. The molecule has 0 aliphatic carbocycles. The van der Waals surface area contributed by atoms with E-state index in [9.17, 15) is 0 Å². The molecule has 0 unspecified atom stereocenters. The molecule has 0 N–H and O–H groups in total. The lowest BCUT2D eigenvalue weighted by Gasteiger charge is -2.26. The van der Waals surface area contributed by atoms with Gasteiger partial charge in [-0.25, -0.2) is 0 Å². The number of furan rings is 1. The van der Waals surface area contributed by atoms with Crippen LogP contribution in [0.15, 0.2) is 229 Å². The summed E-state index contributed by atoms with van der Waals surface area (Å²) in [6.45, 7) is 0. The average molecular weight is 764 g/mol. The summed E-state index contributed by atoms with van der Waals surface area (Å²) in [6.07, 6.45) is 0. The van der Waals surface area contributed by atoms with Crippen LogP contribution in [0.2, 0.25) is 0 Å². The quantitative estimate of drug-likeness (QED) is 0.157. The summed E-state index contributed by atoms with van der Waals surface area (Å²) < 4.78 is 6.14. The Labute approximate surface area is 347 Å². The maximum atomic E-state index is 6.14. The van der Waals surface area contributed by atoms with Gasteiger partial charge in [-0.2, -0.15) is 0 Å². The van der Waals surface area contributed by atoms with Gasteiger partial charge in [0.15, 0.2) is 0 Å². The molecule has 0 bridgehead atoms. The Bertz CT molecular complexity index is 3560. The zero-order valence-electron chi connectivity index (χ0n) is 32.7. The van der Waals surface area contributed by atoms with Crippen LogP contribution in [-0.2, 0) is 0 Å². The highest BCUT2D eigenvalue weighted by atomic mass is 16.3. The Kier molecular flexibility index (Phi) is 7.89. The van der Waals surface area contributed by atoms with Crippen molar-refractivity contribution in [1.29, 1.82) is 0 Å². The normalized spacial score (nSPS) is 11.7. The molecule has 0 radical (unpaired) electrons. The first-order valence-corrected chi connectivity index (χ1v) is 20.6. The number of rotatable bonds is 6. The Balaban J connectivity index is 0.963. The van der Waals surface area contributed by atoms with Crippen molar-refractivity contribution < 1.29 is 4.42 Å². The van der Waals surface area contributed by atoms with Gasteiger partial charge in [-0.3, -0.25) is 0 Å². The molecule has 11 aromatic carbocycles. The van der Waals surface area contributed by atoms with Crippen LogP contribution >= 0.6 is 0 Å². The SMILES string of the molecule is c1cc(-c2cccc3ccccc23)cc(N(c2ccc(-c3ccc4oc5ccccc5c4c3)cc2)c2ccc(-c3ccc4c5ccccc5c5ccccc5c4c3)cc2)c1. The maximum absolute atomic E-state index is 6.14. The summed E-state index contributed by atoms with van der Waals surface area (Å²) in [6, 6.07) is 81.4. The molecule has 1 heterocycles. The molecule has 0 saturated heterocycles. The molecule has 12 rings (SSSR count). The minimum absolute atomic E-state index is 0.905. The van der Waals surface area contributed by atoms with Crippen molar-refractivity contribution in [2.24, 2.45) is 0 Å². The fourth-order valence-electron chi connectivity index (χ4n) is 9.34. The van der Waals surface area contributed by atoms with Crippen molar-refractivity contribution in [3.05, 3.63) is 224 Å². The molecule has 0 amide bonds. The zero-order chi connectivity index (χ0) is 39.6. The van der Waals surface area contributed by atoms with E-state index >= 15 is 0 Å². The first-order chi connectivity index (χ1) is 29.7. The predicted octanol–water partition coefficient (Wildman–Crippen LogP) is 16.7. The lowest BCUT2D eigenvalue weighted by atomic mass is 9.92. The van der Waals surface area contributed by atoms with Crippen molar-refractivity contribution in [2.45, 2.75) is 0 Å². The van der Waals surface area contributed by atoms with Crippen LogP contribution < -0.4 is 4.90 Å². The van der Waals surface area contributed by atoms with E-state index < -0.39 is 0 Å². The van der Waals surface area contributed by atoms with Gasteiger partial charge in [0.25, 0.3) is 0 Å². The molecule has 60 heavy (non-hydrogen) atoms. The van der Waals surface area contributed by atoms with Crippen LogP contribution in [0.25, 0.3) is 98.4 Å². The van der Waals surface area contributed by atoms with Crippen molar-refractivity contribution in [3.8, 4) is 33.4 Å². The van der Waals surface area contributed by atoms with Gasteiger partial charge in [-0.1, -0.05) is 164 Å². The number of fused-ring (bicyclic) bond motifs is 10. The Morgan fingerprint density at radius 2 is 0.733 bits per heavy atom. The second-order valence-electron chi connectivity index (χ2n) is 15.7. The van der Waals surface area contributed by atoms with Gasteiger partial charge < -0.3 is 9.32 Å². The first kappa shape index (κ1) is 34.1. The summed E-state index contributed by atoms with van der Waals surface area (Å²) in [5, 5.41) is 12.5. The fourth-order valence-corrected chi connectivity index (χ4v) is 9.34. The van der Waals surface area contributed by atoms with E-state index in [4.69, 9.17) is 4.42 Å². The largest absolute Gasteiger partial charge is 0.456 e. The average Bonchev–Trinajstić information content (AvgIpc) is 3.70. The van der Waals surface area contributed by atoms with Gasteiger partial charge in [-0.05, 0) is 137 Å². The van der Waals surface area contributed by atoms with E-state index in [1.165, 1.54) is 65.3 Å². The standard InChI is InChI=1S/C58H37NO/c1-2-15-47-40(11-1)12-10-21-48(47)43-13-9-14-46(35-43)59(45-31-25-39(26-32-45)42-28-34-58-56(37-42)54-20-7-8-22-57(54)60-58)44-29-23-38(24-30-44)41-27-33-53-51-18-4-3-16-49(51)50-17-5-6-19-52(50)55(53)36-41/h1-37H. The smallest absolute Gasteiger partial charge is 0.135 e. The number of anilines is 3. The number of nitrogens with zero attached hydrogens (tertiary/aromatic N) is 1. The van der Waals surface area contributed by atoms with Crippen molar-refractivity contribution in [1.82, 2.24) is 0 Å². The summed E-state index contributed by atoms with van der Waals surface area (Å²) in [5.41, 5.74) is 12.2. The summed E-state index contributed by atoms with van der Waals surface area (Å²) in [4.78, 5) is 2.37. The van der Waals surface area contributed by atoms with Crippen LogP contribution in [0.1, 0.15) is 0 Å². The summed E-state index contributed by atoms with van der Waals surface area (Å²) >= 11 is 0. The van der Waals surface area contributed by atoms with E-state index in [0.717, 1.165) is 50.1 Å². The first-order valence-electron chi connectivity index (χ1n) is 20.6. The maximum Gasteiger partial charge on any atom is 0.135 e.